The summed E-state index contributed by atoms with van der Waals surface area (Å²) in [4.78, 5) is 29.8. The molecule has 0 radical (unpaired) electrons. The highest BCUT2D eigenvalue weighted by Gasteiger charge is 2.25. The van der Waals surface area contributed by atoms with E-state index in [1.165, 1.54) is 17.5 Å². The average molecular weight is 406 g/mol. The highest BCUT2D eigenvalue weighted by atomic mass is 16.2. The number of benzene rings is 2. The Bertz CT molecular complexity index is 918. The number of likely N-dealkylation sites (tertiary alicyclic amines) is 1. The van der Waals surface area contributed by atoms with E-state index < -0.39 is 0 Å². The molecule has 0 atom stereocenters. The second-order valence-corrected chi connectivity index (χ2v) is 8.32. The molecule has 2 heterocycles. The first-order chi connectivity index (χ1) is 14.7. The van der Waals surface area contributed by atoms with Crippen molar-refractivity contribution in [1.82, 2.24) is 4.90 Å². The molecule has 30 heavy (non-hydrogen) atoms. The molecule has 2 aromatic carbocycles. The van der Waals surface area contributed by atoms with Crippen LogP contribution in [-0.2, 0) is 17.8 Å². The molecule has 1 fully saturated rings. The molecule has 4 rings (SSSR count). The van der Waals surface area contributed by atoms with Crippen molar-refractivity contribution in [2.24, 2.45) is 0 Å². The Morgan fingerprint density at radius 2 is 1.73 bits per heavy atom. The molecule has 1 N–H and O–H groups in total. The van der Waals surface area contributed by atoms with Crippen LogP contribution in [0.4, 0.5) is 11.4 Å². The summed E-state index contributed by atoms with van der Waals surface area (Å²) >= 11 is 0. The molecule has 2 aliphatic heterocycles. The lowest BCUT2D eigenvalue weighted by Gasteiger charge is -2.34. The molecule has 0 aliphatic carbocycles. The third-order valence-electron chi connectivity index (χ3n) is 6.10. The van der Waals surface area contributed by atoms with E-state index in [1.807, 2.05) is 30.0 Å². The molecule has 5 nitrogen and oxygen atoms in total. The van der Waals surface area contributed by atoms with Crippen LogP contribution in [0, 0.1) is 0 Å². The van der Waals surface area contributed by atoms with E-state index in [4.69, 9.17) is 0 Å². The van der Waals surface area contributed by atoms with Gasteiger partial charge in [0.25, 0.3) is 5.91 Å². The van der Waals surface area contributed by atoms with E-state index in [9.17, 15) is 9.59 Å². The number of hydrogen-bond acceptors (Lipinski definition) is 3. The molecule has 1 saturated heterocycles. The van der Waals surface area contributed by atoms with Gasteiger partial charge in [-0.25, -0.2) is 0 Å². The smallest absolute Gasteiger partial charge is 0.256 e. The van der Waals surface area contributed by atoms with Crippen molar-refractivity contribution in [3.63, 3.8) is 0 Å². The molecular formula is C25H31N3O2. The summed E-state index contributed by atoms with van der Waals surface area (Å²) in [6.45, 7) is 5.31. The monoisotopic (exact) mass is 405 g/mol. The van der Waals surface area contributed by atoms with Gasteiger partial charge in [0.2, 0.25) is 5.91 Å². The summed E-state index contributed by atoms with van der Waals surface area (Å²) in [6, 6.07) is 14.3. The minimum absolute atomic E-state index is 0.00600. The third kappa shape index (κ3) is 4.50. The number of hydrogen-bond donors (Lipinski definition) is 1. The number of carbonyl (C=O) groups is 2. The molecule has 2 aliphatic rings. The minimum Gasteiger partial charge on any atom is -0.366 e. The number of piperidine rings is 1. The number of nitrogens with one attached hydrogen (secondary N) is 1. The zero-order valence-electron chi connectivity index (χ0n) is 17.8. The van der Waals surface area contributed by atoms with Gasteiger partial charge in [0, 0.05) is 44.0 Å². The maximum Gasteiger partial charge on any atom is 0.256 e. The number of carbonyl (C=O) groups excluding carboxylic acids is 2. The predicted molar refractivity (Wildman–Crippen MR) is 121 cm³/mol. The molecular weight excluding hydrogens is 374 g/mol. The van der Waals surface area contributed by atoms with Gasteiger partial charge in [-0.15, -0.1) is 0 Å². The van der Waals surface area contributed by atoms with Crippen LogP contribution in [0.15, 0.2) is 42.5 Å². The Hall–Kier alpha value is -2.82. The highest BCUT2D eigenvalue weighted by Crippen LogP contribution is 2.31. The molecule has 0 saturated carbocycles. The van der Waals surface area contributed by atoms with Crippen molar-refractivity contribution in [3.8, 4) is 0 Å². The van der Waals surface area contributed by atoms with Crippen LogP contribution in [0.2, 0.25) is 0 Å². The summed E-state index contributed by atoms with van der Waals surface area (Å²) in [6.07, 6.45) is 5.57. The first-order valence-electron chi connectivity index (χ1n) is 11.2. The maximum absolute atomic E-state index is 13.5. The Labute approximate surface area is 179 Å². The van der Waals surface area contributed by atoms with Crippen LogP contribution in [0.25, 0.3) is 0 Å². The van der Waals surface area contributed by atoms with Gasteiger partial charge in [-0.3, -0.25) is 9.59 Å². The highest BCUT2D eigenvalue weighted by molar-refractivity contribution is 6.02. The summed E-state index contributed by atoms with van der Waals surface area (Å²) in [5.41, 5.74) is 5.08. The van der Waals surface area contributed by atoms with E-state index in [1.54, 1.807) is 0 Å². The second kappa shape index (κ2) is 9.33. The second-order valence-electron chi connectivity index (χ2n) is 8.32. The zero-order valence-corrected chi connectivity index (χ0v) is 17.8. The molecule has 0 bridgehead atoms. The third-order valence-corrected chi connectivity index (χ3v) is 6.10. The Balaban J connectivity index is 1.64. The molecule has 158 valence electrons. The first-order valence-corrected chi connectivity index (χ1v) is 11.2. The van der Waals surface area contributed by atoms with Gasteiger partial charge in [0.05, 0.1) is 5.56 Å². The lowest BCUT2D eigenvalue weighted by Crippen LogP contribution is -2.38. The standard InChI is InChI=1S/C25H31N3O2/c1-2-8-24(29)26-21-11-12-23(22(17-21)25(30)27-14-6-3-7-15-27)28-16-13-19-9-4-5-10-20(19)18-28/h4-5,9-12,17H,2-3,6-8,13-16,18H2,1H3,(H,26,29). The Kier molecular flexibility index (Phi) is 6.36. The molecule has 5 heteroatoms. The number of nitrogens with zero attached hydrogens (tertiary/aromatic N) is 2. The van der Waals surface area contributed by atoms with Crippen LogP contribution >= 0.6 is 0 Å². The van der Waals surface area contributed by atoms with Gasteiger partial charge in [-0.1, -0.05) is 31.2 Å². The molecule has 0 unspecified atom stereocenters. The summed E-state index contributed by atoms with van der Waals surface area (Å²) in [5, 5.41) is 2.96. The van der Waals surface area contributed by atoms with Crippen molar-refractivity contribution in [1.29, 1.82) is 0 Å². The SMILES string of the molecule is CCCC(=O)Nc1ccc(N2CCc3ccccc3C2)c(C(=O)N2CCCCC2)c1. The Morgan fingerprint density at radius 1 is 0.967 bits per heavy atom. The molecule has 2 aromatic rings. The van der Waals surface area contributed by atoms with E-state index in [0.29, 0.717) is 17.7 Å². The Morgan fingerprint density at radius 3 is 2.50 bits per heavy atom. The van der Waals surface area contributed by atoms with Crippen LogP contribution in [0.1, 0.15) is 60.5 Å². The fourth-order valence-electron chi connectivity index (χ4n) is 4.48. The van der Waals surface area contributed by atoms with Crippen LogP contribution < -0.4 is 10.2 Å². The fourth-order valence-corrected chi connectivity index (χ4v) is 4.48. The minimum atomic E-state index is -0.00600. The van der Waals surface area contributed by atoms with Gasteiger partial charge < -0.3 is 15.1 Å². The van der Waals surface area contributed by atoms with Gasteiger partial charge in [0.1, 0.15) is 0 Å². The summed E-state index contributed by atoms with van der Waals surface area (Å²) < 4.78 is 0. The fraction of sp³-hybridized carbons (Fsp3) is 0.440. The largest absolute Gasteiger partial charge is 0.366 e. The lowest BCUT2D eigenvalue weighted by atomic mass is 9.98. The topological polar surface area (TPSA) is 52.7 Å². The molecule has 2 amide bonds. The molecule has 0 spiro atoms. The van der Waals surface area contributed by atoms with Gasteiger partial charge in [0.15, 0.2) is 0 Å². The summed E-state index contributed by atoms with van der Waals surface area (Å²) in [5.74, 6) is 0.0728. The van der Waals surface area contributed by atoms with Crippen molar-refractivity contribution in [2.75, 3.05) is 29.9 Å². The number of anilines is 2. The van der Waals surface area contributed by atoms with Gasteiger partial charge in [-0.2, -0.15) is 0 Å². The number of fused-ring (bicyclic) bond motifs is 1. The van der Waals surface area contributed by atoms with E-state index in [2.05, 4.69) is 34.5 Å². The van der Waals surface area contributed by atoms with Crippen LogP contribution in [-0.4, -0.2) is 36.3 Å². The van der Waals surface area contributed by atoms with Crippen LogP contribution in [0.3, 0.4) is 0 Å². The zero-order chi connectivity index (χ0) is 20.9. The van der Waals surface area contributed by atoms with Crippen LogP contribution in [0.5, 0.6) is 0 Å². The normalized spacial score (nSPS) is 16.2. The van der Waals surface area contributed by atoms with E-state index in [-0.39, 0.29) is 11.8 Å². The van der Waals surface area contributed by atoms with Crippen molar-refractivity contribution < 1.29 is 9.59 Å². The average Bonchev–Trinajstić information content (AvgIpc) is 2.79. The van der Waals surface area contributed by atoms with E-state index >= 15 is 0 Å². The van der Waals surface area contributed by atoms with Crippen molar-refractivity contribution >= 4 is 23.2 Å². The van der Waals surface area contributed by atoms with Gasteiger partial charge in [-0.05, 0) is 61.4 Å². The predicted octanol–water partition coefficient (Wildman–Crippen LogP) is 4.61. The number of amides is 2. The quantitative estimate of drug-likeness (QED) is 0.790. The first kappa shape index (κ1) is 20.5. The van der Waals surface area contributed by atoms with Crippen molar-refractivity contribution in [2.45, 2.75) is 52.0 Å². The van der Waals surface area contributed by atoms with Crippen molar-refractivity contribution in [3.05, 3.63) is 59.2 Å². The summed E-state index contributed by atoms with van der Waals surface area (Å²) in [7, 11) is 0. The number of rotatable bonds is 5. The maximum atomic E-state index is 13.5. The lowest BCUT2D eigenvalue weighted by molar-refractivity contribution is -0.116. The van der Waals surface area contributed by atoms with E-state index in [0.717, 1.165) is 57.5 Å². The van der Waals surface area contributed by atoms with Gasteiger partial charge >= 0.3 is 0 Å². The molecule has 0 aromatic heterocycles.